The number of hydrogen-bond acceptors (Lipinski definition) is 4. The van der Waals surface area contributed by atoms with Crippen molar-refractivity contribution in [2.45, 2.75) is 58.2 Å². The van der Waals surface area contributed by atoms with Gasteiger partial charge in [0.05, 0.1) is 12.6 Å². The summed E-state index contributed by atoms with van der Waals surface area (Å²) in [6, 6.07) is 0. The summed E-state index contributed by atoms with van der Waals surface area (Å²) in [5.74, 6) is 1.41. The molecule has 3 rings (SSSR count). The van der Waals surface area contributed by atoms with Gasteiger partial charge in [-0.3, -0.25) is 9.69 Å². The molecule has 1 aromatic rings. The highest BCUT2D eigenvalue weighted by Crippen LogP contribution is 2.18. The van der Waals surface area contributed by atoms with Crippen molar-refractivity contribution < 1.29 is 9.53 Å². The standard InChI is InChI=1S/C18H30N4O2/c1-2-21-11-8-19-17(21)15-20-9-4-10-22(13-12-20)18(23)7-6-16-5-3-14-24-16/h8,11,16H,2-7,9-10,12-15H2,1H3. The average Bonchev–Trinajstić information content (AvgIpc) is 3.21. The molecule has 0 aliphatic carbocycles. The Morgan fingerprint density at radius 1 is 1.29 bits per heavy atom. The molecule has 24 heavy (non-hydrogen) atoms. The van der Waals surface area contributed by atoms with Crippen LogP contribution in [0.15, 0.2) is 12.4 Å². The number of carbonyl (C=O) groups excluding carboxylic acids is 1. The summed E-state index contributed by atoms with van der Waals surface area (Å²) in [5.41, 5.74) is 0. The third kappa shape index (κ3) is 4.57. The van der Waals surface area contributed by atoms with Crippen molar-refractivity contribution in [1.82, 2.24) is 19.4 Å². The summed E-state index contributed by atoms with van der Waals surface area (Å²) in [7, 11) is 0. The highest BCUT2D eigenvalue weighted by Gasteiger charge is 2.22. The van der Waals surface area contributed by atoms with Crippen LogP contribution >= 0.6 is 0 Å². The van der Waals surface area contributed by atoms with Crippen molar-refractivity contribution in [3.8, 4) is 0 Å². The van der Waals surface area contributed by atoms with Gasteiger partial charge < -0.3 is 14.2 Å². The quantitative estimate of drug-likeness (QED) is 0.797. The predicted molar refractivity (Wildman–Crippen MR) is 92.6 cm³/mol. The fourth-order valence-corrected chi connectivity index (χ4v) is 3.67. The first kappa shape index (κ1) is 17.4. The lowest BCUT2D eigenvalue weighted by atomic mass is 10.1. The number of amides is 1. The fourth-order valence-electron chi connectivity index (χ4n) is 3.67. The van der Waals surface area contributed by atoms with E-state index >= 15 is 0 Å². The molecule has 0 bridgehead atoms. The largest absolute Gasteiger partial charge is 0.378 e. The van der Waals surface area contributed by atoms with Gasteiger partial charge in [0.15, 0.2) is 0 Å². The molecule has 2 saturated heterocycles. The number of aromatic nitrogens is 2. The third-order valence-electron chi connectivity index (χ3n) is 5.15. The van der Waals surface area contributed by atoms with E-state index < -0.39 is 0 Å². The van der Waals surface area contributed by atoms with Crippen molar-refractivity contribution in [2.75, 3.05) is 32.8 Å². The van der Waals surface area contributed by atoms with E-state index in [2.05, 4.69) is 21.4 Å². The number of hydrogen-bond donors (Lipinski definition) is 0. The first-order chi connectivity index (χ1) is 11.8. The molecular formula is C18H30N4O2. The maximum Gasteiger partial charge on any atom is 0.222 e. The molecule has 0 N–H and O–H groups in total. The molecule has 1 atom stereocenters. The van der Waals surface area contributed by atoms with Crippen LogP contribution in [-0.4, -0.2) is 64.1 Å². The van der Waals surface area contributed by atoms with E-state index in [0.717, 1.165) is 77.4 Å². The van der Waals surface area contributed by atoms with E-state index in [1.807, 2.05) is 17.3 Å². The SMILES string of the molecule is CCn1ccnc1CN1CCCN(C(=O)CCC2CCCO2)CC1. The Hall–Kier alpha value is -1.40. The van der Waals surface area contributed by atoms with Crippen LogP contribution in [0.25, 0.3) is 0 Å². The number of ether oxygens (including phenoxy) is 1. The lowest BCUT2D eigenvalue weighted by molar-refractivity contribution is -0.131. The summed E-state index contributed by atoms with van der Waals surface area (Å²) >= 11 is 0. The van der Waals surface area contributed by atoms with Crippen LogP contribution in [0.3, 0.4) is 0 Å². The summed E-state index contributed by atoms with van der Waals surface area (Å²) in [5, 5.41) is 0. The van der Waals surface area contributed by atoms with E-state index in [1.165, 1.54) is 0 Å². The second-order valence-electron chi connectivity index (χ2n) is 6.81. The number of aryl methyl sites for hydroxylation is 1. The molecule has 2 aliphatic heterocycles. The Bertz CT molecular complexity index is 525. The van der Waals surface area contributed by atoms with Crippen LogP contribution in [0, 0.1) is 0 Å². The van der Waals surface area contributed by atoms with E-state index in [4.69, 9.17) is 4.74 Å². The molecule has 1 amide bonds. The average molecular weight is 334 g/mol. The molecule has 0 aromatic carbocycles. The third-order valence-corrected chi connectivity index (χ3v) is 5.15. The van der Waals surface area contributed by atoms with Gasteiger partial charge in [-0.05, 0) is 32.6 Å². The molecule has 3 heterocycles. The summed E-state index contributed by atoms with van der Waals surface area (Å²) in [4.78, 5) is 21.4. The topological polar surface area (TPSA) is 50.6 Å². The minimum absolute atomic E-state index is 0.294. The zero-order valence-electron chi connectivity index (χ0n) is 14.8. The minimum Gasteiger partial charge on any atom is -0.378 e. The number of carbonyl (C=O) groups is 1. The highest BCUT2D eigenvalue weighted by molar-refractivity contribution is 5.76. The molecule has 134 valence electrons. The molecule has 1 unspecified atom stereocenters. The first-order valence-corrected chi connectivity index (χ1v) is 9.38. The van der Waals surface area contributed by atoms with Gasteiger partial charge in [-0.2, -0.15) is 0 Å². The van der Waals surface area contributed by atoms with Crippen LogP contribution in [0.4, 0.5) is 0 Å². The van der Waals surface area contributed by atoms with Crippen LogP contribution in [0.2, 0.25) is 0 Å². The zero-order valence-corrected chi connectivity index (χ0v) is 14.8. The summed E-state index contributed by atoms with van der Waals surface area (Å²) in [6.07, 6.45) is 9.03. The second-order valence-corrected chi connectivity index (χ2v) is 6.81. The van der Waals surface area contributed by atoms with Crippen LogP contribution in [-0.2, 0) is 22.6 Å². The van der Waals surface area contributed by atoms with Crippen LogP contribution in [0.1, 0.15) is 44.9 Å². The molecule has 0 radical (unpaired) electrons. The van der Waals surface area contributed by atoms with Crippen molar-refractivity contribution in [3.63, 3.8) is 0 Å². The molecule has 2 fully saturated rings. The van der Waals surface area contributed by atoms with E-state index in [9.17, 15) is 4.79 Å². The molecule has 6 heteroatoms. The second kappa shape index (κ2) is 8.62. The first-order valence-electron chi connectivity index (χ1n) is 9.38. The minimum atomic E-state index is 0.294. The molecule has 2 aliphatic rings. The Morgan fingerprint density at radius 3 is 3.00 bits per heavy atom. The monoisotopic (exact) mass is 334 g/mol. The molecule has 0 spiro atoms. The van der Waals surface area contributed by atoms with Crippen molar-refractivity contribution in [2.24, 2.45) is 0 Å². The number of rotatable bonds is 6. The van der Waals surface area contributed by atoms with Gasteiger partial charge in [-0.1, -0.05) is 0 Å². The lowest BCUT2D eigenvalue weighted by Crippen LogP contribution is -2.35. The lowest BCUT2D eigenvalue weighted by Gasteiger charge is -2.22. The zero-order chi connectivity index (χ0) is 16.8. The smallest absolute Gasteiger partial charge is 0.222 e. The molecular weight excluding hydrogens is 304 g/mol. The van der Waals surface area contributed by atoms with Crippen LogP contribution in [0.5, 0.6) is 0 Å². The van der Waals surface area contributed by atoms with Gasteiger partial charge in [-0.15, -0.1) is 0 Å². The van der Waals surface area contributed by atoms with Gasteiger partial charge in [0, 0.05) is 58.1 Å². The molecule has 1 aromatic heterocycles. The van der Waals surface area contributed by atoms with E-state index in [-0.39, 0.29) is 0 Å². The Kier molecular flexibility index (Phi) is 6.26. The maximum absolute atomic E-state index is 12.5. The maximum atomic E-state index is 12.5. The highest BCUT2D eigenvalue weighted by atomic mass is 16.5. The van der Waals surface area contributed by atoms with Crippen molar-refractivity contribution in [3.05, 3.63) is 18.2 Å². The van der Waals surface area contributed by atoms with E-state index in [0.29, 0.717) is 18.4 Å². The summed E-state index contributed by atoms with van der Waals surface area (Å²) < 4.78 is 7.81. The van der Waals surface area contributed by atoms with Crippen molar-refractivity contribution >= 4 is 5.91 Å². The number of nitrogens with zero attached hydrogens (tertiary/aromatic N) is 4. The van der Waals surface area contributed by atoms with Crippen molar-refractivity contribution in [1.29, 1.82) is 0 Å². The predicted octanol–water partition coefficient (Wildman–Crippen LogP) is 1.90. The van der Waals surface area contributed by atoms with Gasteiger partial charge in [0.1, 0.15) is 5.82 Å². The van der Waals surface area contributed by atoms with Crippen LogP contribution < -0.4 is 0 Å². The normalized spacial score (nSPS) is 22.7. The van der Waals surface area contributed by atoms with Gasteiger partial charge >= 0.3 is 0 Å². The molecule has 6 nitrogen and oxygen atoms in total. The van der Waals surface area contributed by atoms with E-state index in [1.54, 1.807) is 0 Å². The summed E-state index contributed by atoms with van der Waals surface area (Å²) in [6.45, 7) is 8.51. The van der Waals surface area contributed by atoms with Gasteiger partial charge in [-0.25, -0.2) is 4.98 Å². The number of imidazole rings is 1. The Balaban J connectivity index is 1.44. The van der Waals surface area contributed by atoms with Gasteiger partial charge in [0.2, 0.25) is 5.91 Å². The van der Waals surface area contributed by atoms with Gasteiger partial charge in [0.25, 0.3) is 0 Å². The molecule has 0 saturated carbocycles. The Morgan fingerprint density at radius 2 is 2.21 bits per heavy atom. The fraction of sp³-hybridized carbons (Fsp3) is 0.778. The Labute approximate surface area is 144 Å².